The van der Waals surface area contributed by atoms with Crippen molar-refractivity contribution in [2.75, 3.05) is 42.8 Å². The molecule has 34 heavy (non-hydrogen) atoms. The minimum absolute atomic E-state index is 0.166. The maximum absolute atomic E-state index is 13.0. The van der Waals surface area contributed by atoms with Crippen LogP contribution in [0, 0.1) is 0 Å². The van der Waals surface area contributed by atoms with Crippen LogP contribution in [0.4, 0.5) is 24.7 Å². The van der Waals surface area contributed by atoms with Gasteiger partial charge in [-0.2, -0.15) is 13.2 Å². The van der Waals surface area contributed by atoms with Crippen LogP contribution in [-0.2, 0) is 16.2 Å². The Morgan fingerprint density at radius 2 is 1.62 bits per heavy atom. The Hall–Kier alpha value is -2.89. The topological polar surface area (TPSA) is 78.4 Å². The predicted molar refractivity (Wildman–Crippen MR) is 124 cm³/mol. The summed E-state index contributed by atoms with van der Waals surface area (Å²) in [5.74, 6) is 0.791. The Labute approximate surface area is 200 Å². The quantitative estimate of drug-likeness (QED) is 0.548. The van der Waals surface area contributed by atoms with Crippen LogP contribution in [0.25, 0.3) is 11.3 Å². The third-order valence-electron chi connectivity index (χ3n) is 5.46. The van der Waals surface area contributed by atoms with E-state index in [1.165, 1.54) is 12.1 Å². The highest BCUT2D eigenvalue weighted by Gasteiger charge is 2.32. The fourth-order valence-electron chi connectivity index (χ4n) is 3.49. The third kappa shape index (κ3) is 5.43. The van der Waals surface area contributed by atoms with E-state index in [9.17, 15) is 21.6 Å². The summed E-state index contributed by atoms with van der Waals surface area (Å²) in [6.45, 7) is 3.64. The molecule has 0 radical (unpaired) electrons. The van der Waals surface area contributed by atoms with Crippen LogP contribution < -0.4 is 9.62 Å². The van der Waals surface area contributed by atoms with Gasteiger partial charge in [-0.25, -0.2) is 8.42 Å². The van der Waals surface area contributed by atoms with Gasteiger partial charge in [-0.05, 0) is 49.5 Å². The molecule has 1 N–H and O–H groups in total. The van der Waals surface area contributed by atoms with Crippen LogP contribution in [0.1, 0.15) is 5.56 Å². The van der Waals surface area contributed by atoms with Gasteiger partial charge in [0.05, 0.1) is 16.3 Å². The third-order valence-corrected chi connectivity index (χ3v) is 7.32. The summed E-state index contributed by atoms with van der Waals surface area (Å²) in [4.78, 5) is 3.75. The van der Waals surface area contributed by atoms with E-state index < -0.39 is 26.7 Å². The van der Waals surface area contributed by atoms with Gasteiger partial charge in [0.2, 0.25) is 0 Å². The second-order valence-electron chi connectivity index (χ2n) is 7.89. The van der Waals surface area contributed by atoms with Gasteiger partial charge in [-0.15, -0.1) is 10.2 Å². The van der Waals surface area contributed by atoms with Gasteiger partial charge in [0.15, 0.2) is 5.82 Å². The summed E-state index contributed by atoms with van der Waals surface area (Å²) in [6.07, 6.45) is -4.70. The minimum Gasteiger partial charge on any atom is -0.353 e. The van der Waals surface area contributed by atoms with Crippen LogP contribution in [0.3, 0.4) is 0 Å². The van der Waals surface area contributed by atoms with Gasteiger partial charge in [0.1, 0.15) is 4.90 Å². The molecule has 7 nitrogen and oxygen atoms in total. The molecular formula is C22H21ClF3N5O2S. The summed E-state index contributed by atoms with van der Waals surface area (Å²) in [5.41, 5.74) is 0.371. The van der Waals surface area contributed by atoms with Gasteiger partial charge >= 0.3 is 6.18 Å². The molecule has 12 heteroatoms. The standard InChI is InChI=1S/C22H21ClF3N5O2S/c1-30-10-12-31(13-11-30)21-9-8-19(27-28-21)15-2-5-17(6-3-15)29-34(32,33)20-14-16(22(24,25)26)4-7-18(20)23/h2-9,14,29H,10-13H2,1H3. The number of hydrogen-bond acceptors (Lipinski definition) is 6. The van der Waals surface area contributed by atoms with E-state index in [-0.39, 0.29) is 10.7 Å². The van der Waals surface area contributed by atoms with Crippen molar-refractivity contribution in [3.05, 3.63) is 65.2 Å². The highest BCUT2D eigenvalue weighted by Crippen LogP contribution is 2.34. The van der Waals surface area contributed by atoms with Crippen LogP contribution in [0.15, 0.2) is 59.5 Å². The Morgan fingerprint density at radius 1 is 0.941 bits per heavy atom. The smallest absolute Gasteiger partial charge is 0.353 e. The SMILES string of the molecule is CN1CCN(c2ccc(-c3ccc(NS(=O)(=O)c4cc(C(F)(F)F)ccc4Cl)cc3)nn2)CC1. The van der Waals surface area contributed by atoms with Crippen molar-refractivity contribution in [3.8, 4) is 11.3 Å². The largest absolute Gasteiger partial charge is 0.416 e. The monoisotopic (exact) mass is 511 g/mol. The molecule has 2 heterocycles. The highest BCUT2D eigenvalue weighted by atomic mass is 35.5. The molecule has 0 spiro atoms. The molecule has 0 aliphatic carbocycles. The number of nitrogens with zero attached hydrogens (tertiary/aromatic N) is 4. The first-order chi connectivity index (χ1) is 16.0. The number of halogens is 4. The summed E-state index contributed by atoms with van der Waals surface area (Å²) in [6, 6.07) is 12.1. The molecule has 0 unspecified atom stereocenters. The van der Waals surface area contributed by atoms with Crippen molar-refractivity contribution in [1.82, 2.24) is 15.1 Å². The van der Waals surface area contributed by atoms with Crippen LogP contribution in [0.5, 0.6) is 0 Å². The highest BCUT2D eigenvalue weighted by molar-refractivity contribution is 7.92. The van der Waals surface area contributed by atoms with E-state index in [0.29, 0.717) is 17.3 Å². The number of rotatable bonds is 5. The van der Waals surface area contributed by atoms with Gasteiger partial charge < -0.3 is 9.80 Å². The molecular weight excluding hydrogens is 491 g/mol. The molecule has 1 saturated heterocycles. The Bertz CT molecular complexity index is 1260. The van der Waals surface area contributed by atoms with E-state index in [1.807, 2.05) is 12.1 Å². The van der Waals surface area contributed by atoms with E-state index in [2.05, 4.69) is 31.8 Å². The Kier molecular flexibility index (Phi) is 6.70. The summed E-state index contributed by atoms with van der Waals surface area (Å²) in [5, 5.41) is 8.26. The number of hydrogen-bond donors (Lipinski definition) is 1. The van der Waals surface area contributed by atoms with Crippen molar-refractivity contribution in [2.45, 2.75) is 11.1 Å². The fourth-order valence-corrected chi connectivity index (χ4v) is 5.07. The number of likely N-dealkylation sites (N-methyl/N-ethyl adjacent to an activating group) is 1. The van der Waals surface area contributed by atoms with E-state index in [4.69, 9.17) is 11.6 Å². The summed E-state index contributed by atoms with van der Waals surface area (Å²) in [7, 11) is -2.27. The minimum atomic E-state index is -4.70. The van der Waals surface area contributed by atoms with Gasteiger partial charge in [-0.1, -0.05) is 23.7 Å². The number of sulfonamides is 1. The lowest BCUT2D eigenvalue weighted by Gasteiger charge is -2.32. The molecule has 0 saturated carbocycles. The molecule has 0 amide bonds. The van der Waals surface area contributed by atoms with Crippen molar-refractivity contribution >= 4 is 33.1 Å². The molecule has 1 aliphatic rings. The molecule has 3 aromatic rings. The normalized spacial score (nSPS) is 15.4. The molecule has 1 aliphatic heterocycles. The maximum atomic E-state index is 13.0. The number of anilines is 2. The van der Waals surface area contributed by atoms with Gasteiger partial charge in [0, 0.05) is 37.4 Å². The first kappa shape index (κ1) is 24.2. The molecule has 180 valence electrons. The fraction of sp³-hybridized carbons (Fsp3) is 0.273. The molecule has 0 bridgehead atoms. The maximum Gasteiger partial charge on any atom is 0.416 e. The summed E-state index contributed by atoms with van der Waals surface area (Å²) >= 11 is 5.87. The average molecular weight is 512 g/mol. The lowest BCUT2D eigenvalue weighted by atomic mass is 10.1. The molecule has 0 atom stereocenters. The van der Waals surface area contributed by atoms with E-state index in [0.717, 1.165) is 44.1 Å². The zero-order valence-corrected chi connectivity index (χ0v) is 19.6. The van der Waals surface area contributed by atoms with Gasteiger partial charge in [-0.3, -0.25) is 4.72 Å². The van der Waals surface area contributed by atoms with Crippen molar-refractivity contribution < 1.29 is 21.6 Å². The van der Waals surface area contributed by atoms with Crippen molar-refractivity contribution in [3.63, 3.8) is 0 Å². The Morgan fingerprint density at radius 3 is 2.21 bits per heavy atom. The molecule has 4 rings (SSSR count). The Balaban J connectivity index is 1.49. The first-order valence-corrected chi connectivity index (χ1v) is 12.2. The lowest BCUT2D eigenvalue weighted by molar-refractivity contribution is -0.137. The van der Waals surface area contributed by atoms with Crippen molar-refractivity contribution in [1.29, 1.82) is 0 Å². The van der Waals surface area contributed by atoms with E-state index in [1.54, 1.807) is 12.1 Å². The number of piperazine rings is 1. The van der Waals surface area contributed by atoms with Crippen LogP contribution in [-0.4, -0.2) is 56.7 Å². The van der Waals surface area contributed by atoms with Crippen LogP contribution in [0.2, 0.25) is 5.02 Å². The zero-order valence-electron chi connectivity index (χ0n) is 18.1. The predicted octanol–water partition coefficient (Wildman–Crippen LogP) is 4.37. The zero-order chi connectivity index (χ0) is 24.5. The number of aromatic nitrogens is 2. The number of benzene rings is 2. The second kappa shape index (κ2) is 9.40. The number of nitrogens with one attached hydrogen (secondary N) is 1. The summed E-state index contributed by atoms with van der Waals surface area (Å²) < 4.78 is 66.6. The molecule has 1 aromatic heterocycles. The molecule has 1 fully saturated rings. The van der Waals surface area contributed by atoms with Crippen molar-refractivity contribution in [2.24, 2.45) is 0 Å². The first-order valence-electron chi connectivity index (χ1n) is 10.3. The average Bonchev–Trinajstić information content (AvgIpc) is 2.79. The second-order valence-corrected chi connectivity index (χ2v) is 9.95. The lowest BCUT2D eigenvalue weighted by Crippen LogP contribution is -2.44. The number of alkyl halides is 3. The van der Waals surface area contributed by atoms with E-state index >= 15 is 0 Å². The van der Waals surface area contributed by atoms with Crippen LogP contribution >= 0.6 is 11.6 Å². The van der Waals surface area contributed by atoms with Gasteiger partial charge in [0.25, 0.3) is 10.0 Å². The molecule has 2 aromatic carbocycles.